The van der Waals surface area contributed by atoms with Gasteiger partial charge in [-0.3, -0.25) is 0 Å². The van der Waals surface area contributed by atoms with E-state index in [1.807, 2.05) is 25.3 Å². The van der Waals surface area contributed by atoms with E-state index in [9.17, 15) is 0 Å². The highest BCUT2D eigenvalue weighted by molar-refractivity contribution is 5.70. The molecule has 4 rings (SSSR count). The molecule has 0 spiro atoms. The van der Waals surface area contributed by atoms with Gasteiger partial charge in [0.1, 0.15) is 5.82 Å². The summed E-state index contributed by atoms with van der Waals surface area (Å²) in [7, 11) is 0. The Balaban J connectivity index is 1.69. The average Bonchev–Trinajstić information content (AvgIpc) is 3.09. The van der Waals surface area contributed by atoms with Crippen molar-refractivity contribution < 1.29 is 4.52 Å². The molecule has 128 valence electrons. The second kappa shape index (κ2) is 6.31. The van der Waals surface area contributed by atoms with E-state index in [0.717, 1.165) is 30.9 Å². The number of rotatable bonds is 3. The zero-order valence-corrected chi connectivity index (χ0v) is 14.6. The monoisotopic (exact) mass is 334 g/mol. The molecule has 5 nitrogen and oxygen atoms in total. The maximum Gasteiger partial charge on any atom is 0.261 e. The van der Waals surface area contributed by atoms with E-state index >= 15 is 0 Å². The van der Waals surface area contributed by atoms with Crippen LogP contribution in [0.25, 0.3) is 11.5 Å². The molecule has 0 amide bonds. The van der Waals surface area contributed by atoms with Crippen LogP contribution in [0.3, 0.4) is 0 Å². The Kier molecular flexibility index (Phi) is 3.99. The fourth-order valence-electron chi connectivity index (χ4n) is 3.72. The Morgan fingerprint density at radius 2 is 1.96 bits per heavy atom. The molecule has 1 atom stereocenters. The molecule has 5 heteroatoms. The van der Waals surface area contributed by atoms with Crippen LogP contribution in [0, 0.1) is 6.92 Å². The van der Waals surface area contributed by atoms with E-state index in [-0.39, 0.29) is 5.41 Å². The molecule has 1 aliphatic heterocycles. The number of pyridine rings is 1. The minimum Gasteiger partial charge on any atom is -0.355 e. The molecule has 1 saturated heterocycles. The Hall–Kier alpha value is -2.69. The Bertz CT molecular complexity index is 861. The van der Waals surface area contributed by atoms with Crippen LogP contribution in [0.2, 0.25) is 0 Å². The first kappa shape index (κ1) is 15.8. The lowest BCUT2D eigenvalue weighted by molar-refractivity contribution is 0.371. The number of hydrogen-bond acceptors (Lipinski definition) is 5. The van der Waals surface area contributed by atoms with Gasteiger partial charge >= 0.3 is 0 Å². The van der Waals surface area contributed by atoms with Gasteiger partial charge in [-0.25, -0.2) is 4.98 Å². The normalized spacial score (nSPS) is 20.6. The summed E-state index contributed by atoms with van der Waals surface area (Å²) in [6.45, 7) is 6.08. The second-order valence-electron chi connectivity index (χ2n) is 6.97. The quantitative estimate of drug-likeness (QED) is 0.725. The summed E-state index contributed by atoms with van der Waals surface area (Å²) >= 11 is 0. The zero-order valence-electron chi connectivity index (χ0n) is 14.6. The first-order chi connectivity index (χ1) is 12.2. The lowest BCUT2D eigenvalue weighted by Gasteiger charge is -2.42. The van der Waals surface area contributed by atoms with Gasteiger partial charge in [0.05, 0.1) is 5.56 Å². The molecule has 0 saturated carbocycles. The van der Waals surface area contributed by atoms with Gasteiger partial charge < -0.3 is 9.42 Å². The largest absolute Gasteiger partial charge is 0.355 e. The Labute approximate surface area is 147 Å². The molecule has 3 aromatic rings. The minimum atomic E-state index is 0.110. The molecule has 0 radical (unpaired) electrons. The molecule has 0 unspecified atom stereocenters. The van der Waals surface area contributed by atoms with Gasteiger partial charge in [0, 0.05) is 24.7 Å². The van der Waals surface area contributed by atoms with Crippen LogP contribution in [0.1, 0.15) is 31.2 Å². The van der Waals surface area contributed by atoms with Gasteiger partial charge in [-0.2, -0.15) is 4.98 Å². The van der Waals surface area contributed by atoms with E-state index in [1.165, 1.54) is 12.0 Å². The number of aromatic nitrogens is 3. The van der Waals surface area contributed by atoms with Crippen molar-refractivity contribution in [3.63, 3.8) is 0 Å². The van der Waals surface area contributed by atoms with E-state index in [2.05, 4.69) is 57.3 Å². The molecule has 0 bridgehead atoms. The van der Waals surface area contributed by atoms with Crippen molar-refractivity contribution in [1.29, 1.82) is 0 Å². The fraction of sp³-hybridized carbons (Fsp3) is 0.350. The van der Waals surface area contributed by atoms with Crippen molar-refractivity contribution in [2.45, 2.75) is 32.1 Å². The highest BCUT2D eigenvalue weighted by Gasteiger charge is 2.34. The summed E-state index contributed by atoms with van der Waals surface area (Å²) in [5.74, 6) is 2.10. The van der Waals surface area contributed by atoms with E-state index in [0.29, 0.717) is 11.7 Å². The first-order valence-electron chi connectivity index (χ1n) is 8.72. The van der Waals surface area contributed by atoms with Crippen LogP contribution < -0.4 is 4.90 Å². The zero-order chi connectivity index (χ0) is 17.3. The Morgan fingerprint density at radius 3 is 2.72 bits per heavy atom. The summed E-state index contributed by atoms with van der Waals surface area (Å²) in [6.07, 6.45) is 4.14. The van der Waals surface area contributed by atoms with Gasteiger partial charge in [-0.1, -0.05) is 42.4 Å². The molecule has 1 aliphatic rings. The molecule has 1 fully saturated rings. The van der Waals surface area contributed by atoms with E-state index in [4.69, 9.17) is 4.52 Å². The molecule has 25 heavy (non-hydrogen) atoms. The number of piperidine rings is 1. The van der Waals surface area contributed by atoms with E-state index in [1.54, 1.807) is 0 Å². The third kappa shape index (κ3) is 3.02. The van der Waals surface area contributed by atoms with Crippen molar-refractivity contribution in [1.82, 2.24) is 15.1 Å². The molecule has 1 aromatic carbocycles. The number of nitrogens with zero attached hydrogens (tertiary/aromatic N) is 4. The number of benzene rings is 1. The molecule has 0 aliphatic carbocycles. The van der Waals surface area contributed by atoms with Crippen LogP contribution in [0.5, 0.6) is 0 Å². The number of hydrogen-bond donors (Lipinski definition) is 0. The summed E-state index contributed by atoms with van der Waals surface area (Å²) in [5, 5.41) is 3.92. The summed E-state index contributed by atoms with van der Waals surface area (Å²) < 4.78 is 5.39. The smallest absolute Gasteiger partial charge is 0.261 e. The third-order valence-corrected chi connectivity index (χ3v) is 5.01. The van der Waals surface area contributed by atoms with Crippen LogP contribution in [-0.2, 0) is 5.41 Å². The molecular formula is C20H22N4O. The molecular weight excluding hydrogens is 312 g/mol. The Morgan fingerprint density at radius 1 is 1.12 bits per heavy atom. The van der Waals surface area contributed by atoms with Crippen molar-refractivity contribution in [2.24, 2.45) is 0 Å². The highest BCUT2D eigenvalue weighted by Crippen LogP contribution is 2.37. The van der Waals surface area contributed by atoms with Crippen LogP contribution in [-0.4, -0.2) is 28.2 Å². The van der Waals surface area contributed by atoms with Gasteiger partial charge in [-0.05, 0) is 37.5 Å². The topological polar surface area (TPSA) is 55.1 Å². The fourth-order valence-corrected chi connectivity index (χ4v) is 3.72. The predicted octanol–water partition coefficient (Wildman–Crippen LogP) is 4.00. The molecule has 0 N–H and O–H groups in total. The van der Waals surface area contributed by atoms with Gasteiger partial charge in [0.2, 0.25) is 0 Å². The molecule has 3 heterocycles. The maximum absolute atomic E-state index is 5.39. The van der Waals surface area contributed by atoms with Crippen LogP contribution >= 0.6 is 0 Å². The summed E-state index contributed by atoms with van der Waals surface area (Å²) in [4.78, 5) is 11.4. The number of aryl methyl sites for hydroxylation is 1. The van der Waals surface area contributed by atoms with Crippen molar-refractivity contribution in [3.8, 4) is 11.5 Å². The van der Waals surface area contributed by atoms with Gasteiger partial charge in [0.15, 0.2) is 5.82 Å². The van der Waals surface area contributed by atoms with Crippen molar-refractivity contribution in [3.05, 3.63) is 60.0 Å². The standard InChI is InChI=1S/C20H22N4O/c1-15-22-19(25-23-15)17-10-6-12-21-18(17)24-13-7-11-20(2,14-24)16-8-4-3-5-9-16/h3-6,8-10,12H,7,11,13-14H2,1-2H3/t20-/m0/s1. The first-order valence-corrected chi connectivity index (χ1v) is 8.72. The molecule has 2 aromatic heterocycles. The van der Waals surface area contributed by atoms with E-state index < -0.39 is 0 Å². The average molecular weight is 334 g/mol. The summed E-state index contributed by atoms with van der Waals surface area (Å²) in [5.41, 5.74) is 2.39. The minimum absolute atomic E-state index is 0.110. The van der Waals surface area contributed by atoms with Crippen molar-refractivity contribution >= 4 is 5.82 Å². The maximum atomic E-state index is 5.39. The SMILES string of the molecule is Cc1noc(-c2cccnc2N2CCC[C@](C)(c3ccccc3)C2)n1. The highest BCUT2D eigenvalue weighted by atomic mass is 16.5. The van der Waals surface area contributed by atoms with Crippen LogP contribution in [0.15, 0.2) is 53.2 Å². The number of anilines is 1. The van der Waals surface area contributed by atoms with Crippen molar-refractivity contribution in [2.75, 3.05) is 18.0 Å². The lowest BCUT2D eigenvalue weighted by Crippen LogP contribution is -2.45. The third-order valence-electron chi connectivity index (χ3n) is 5.01. The summed E-state index contributed by atoms with van der Waals surface area (Å²) in [6, 6.07) is 14.7. The van der Waals surface area contributed by atoms with Gasteiger partial charge in [-0.15, -0.1) is 0 Å². The van der Waals surface area contributed by atoms with Crippen LogP contribution in [0.4, 0.5) is 5.82 Å². The lowest BCUT2D eigenvalue weighted by atomic mass is 9.76. The second-order valence-corrected chi connectivity index (χ2v) is 6.97. The van der Waals surface area contributed by atoms with Gasteiger partial charge in [0.25, 0.3) is 5.89 Å². The predicted molar refractivity (Wildman–Crippen MR) is 97.5 cm³/mol.